The number of benzene rings is 1. The van der Waals surface area contributed by atoms with E-state index in [2.05, 4.69) is 0 Å². The van der Waals surface area contributed by atoms with Gasteiger partial charge in [0.25, 0.3) is 0 Å². The Morgan fingerprint density at radius 3 is 2.50 bits per heavy atom. The van der Waals surface area contributed by atoms with E-state index in [1.54, 1.807) is 18.2 Å². The van der Waals surface area contributed by atoms with Crippen molar-refractivity contribution in [3.63, 3.8) is 0 Å². The maximum absolute atomic E-state index is 8.51. The highest BCUT2D eigenvalue weighted by Gasteiger charge is 2.10. The van der Waals surface area contributed by atoms with Crippen LogP contribution < -0.4 is 0 Å². The molecule has 1 nitrogen and oxygen atoms in total. The summed E-state index contributed by atoms with van der Waals surface area (Å²) in [4.78, 5) is 0. The molecule has 0 aliphatic heterocycles. The SMILES string of the molecule is N#C[C@@H](Cl)c1ccc(Cl)cc1Cl. The lowest BCUT2D eigenvalue weighted by Crippen LogP contribution is -1.87. The Morgan fingerprint density at radius 1 is 1.33 bits per heavy atom. The summed E-state index contributed by atoms with van der Waals surface area (Å²) >= 11 is 17.1. The normalized spacial score (nSPS) is 12.2. The Kier molecular flexibility index (Phi) is 3.22. The molecule has 4 heteroatoms. The molecule has 0 aliphatic rings. The molecule has 0 heterocycles. The van der Waals surface area contributed by atoms with Crippen LogP contribution in [0.3, 0.4) is 0 Å². The van der Waals surface area contributed by atoms with Crippen LogP contribution in [0.25, 0.3) is 0 Å². The molecule has 0 bridgehead atoms. The van der Waals surface area contributed by atoms with Crippen molar-refractivity contribution in [2.75, 3.05) is 0 Å². The highest BCUT2D eigenvalue weighted by Crippen LogP contribution is 2.29. The van der Waals surface area contributed by atoms with E-state index in [9.17, 15) is 0 Å². The van der Waals surface area contributed by atoms with Crippen LogP contribution >= 0.6 is 34.8 Å². The van der Waals surface area contributed by atoms with Gasteiger partial charge in [-0.15, -0.1) is 11.6 Å². The van der Waals surface area contributed by atoms with Crippen LogP contribution in [-0.2, 0) is 0 Å². The summed E-state index contributed by atoms with van der Waals surface area (Å²) in [6.07, 6.45) is 0. The van der Waals surface area contributed by atoms with Crippen LogP contribution in [0.4, 0.5) is 0 Å². The Hall–Kier alpha value is -0.420. The minimum absolute atomic E-state index is 0.420. The van der Waals surface area contributed by atoms with Crippen LogP contribution in [0.2, 0.25) is 10.0 Å². The van der Waals surface area contributed by atoms with Crippen LogP contribution in [0.15, 0.2) is 18.2 Å². The molecule has 0 amide bonds. The summed E-state index contributed by atoms with van der Waals surface area (Å²) in [5, 5.41) is 8.75. The van der Waals surface area contributed by atoms with E-state index >= 15 is 0 Å². The first-order valence-electron chi connectivity index (χ1n) is 3.14. The maximum Gasteiger partial charge on any atom is 0.146 e. The average Bonchev–Trinajstić information content (AvgIpc) is 2.03. The van der Waals surface area contributed by atoms with Crippen molar-refractivity contribution in [2.45, 2.75) is 5.38 Å². The van der Waals surface area contributed by atoms with Crippen molar-refractivity contribution >= 4 is 34.8 Å². The molecule has 0 radical (unpaired) electrons. The van der Waals surface area contributed by atoms with E-state index < -0.39 is 5.38 Å². The van der Waals surface area contributed by atoms with Gasteiger partial charge >= 0.3 is 0 Å². The summed E-state index contributed by atoms with van der Waals surface area (Å²) in [5.41, 5.74) is 0.588. The fourth-order valence-corrected chi connectivity index (χ4v) is 1.54. The Bertz CT molecular complexity index is 330. The quantitative estimate of drug-likeness (QED) is 0.661. The van der Waals surface area contributed by atoms with Gasteiger partial charge in [-0.25, -0.2) is 0 Å². The van der Waals surface area contributed by atoms with Gasteiger partial charge in [0, 0.05) is 15.6 Å². The monoisotopic (exact) mass is 219 g/mol. The molecule has 62 valence electrons. The number of nitrogens with zero attached hydrogens (tertiary/aromatic N) is 1. The van der Waals surface area contributed by atoms with Gasteiger partial charge in [0.05, 0.1) is 6.07 Å². The molecule has 1 atom stereocenters. The Morgan fingerprint density at radius 2 is 2.00 bits per heavy atom. The van der Waals surface area contributed by atoms with Crippen LogP contribution in [0.1, 0.15) is 10.9 Å². The molecule has 12 heavy (non-hydrogen) atoms. The third kappa shape index (κ3) is 2.04. The average molecular weight is 220 g/mol. The first kappa shape index (κ1) is 9.67. The highest BCUT2D eigenvalue weighted by molar-refractivity contribution is 6.36. The van der Waals surface area contributed by atoms with Gasteiger partial charge in [-0.05, 0) is 12.1 Å². The summed E-state index contributed by atoms with van der Waals surface area (Å²) < 4.78 is 0. The summed E-state index contributed by atoms with van der Waals surface area (Å²) in [6.45, 7) is 0. The zero-order chi connectivity index (χ0) is 9.14. The fourth-order valence-electron chi connectivity index (χ4n) is 0.777. The maximum atomic E-state index is 8.51. The van der Waals surface area contributed by atoms with Gasteiger partial charge in [0.2, 0.25) is 0 Å². The Labute approximate surface area is 85.5 Å². The summed E-state index contributed by atoms with van der Waals surface area (Å²) in [7, 11) is 0. The Balaban J connectivity index is 3.11. The lowest BCUT2D eigenvalue weighted by molar-refractivity contribution is 1.21. The topological polar surface area (TPSA) is 23.8 Å². The molecular formula is C8H4Cl3N. The van der Waals surface area contributed by atoms with Gasteiger partial charge in [-0.2, -0.15) is 5.26 Å². The van der Waals surface area contributed by atoms with E-state index in [4.69, 9.17) is 40.1 Å². The zero-order valence-electron chi connectivity index (χ0n) is 5.89. The van der Waals surface area contributed by atoms with Crippen molar-refractivity contribution in [3.8, 4) is 6.07 Å². The second-order valence-electron chi connectivity index (χ2n) is 2.16. The number of nitriles is 1. The molecule has 0 fully saturated rings. The van der Waals surface area contributed by atoms with Crippen molar-refractivity contribution in [1.29, 1.82) is 5.26 Å². The first-order chi connectivity index (χ1) is 5.65. The molecule has 0 saturated carbocycles. The van der Waals surface area contributed by atoms with Gasteiger partial charge in [-0.1, -0.05) is 29.3 Å². The van der Waals surface area contributed by atoms with Crippen LogP contribution in [0.5, 0.6) is 0 Å². The number of hydrogen-bond donors (Lipinski definition) is 0. The fraction of sp³-hybridized carbons (Fsp3) is 0.125. The molecule has 1 rings (SSSR count). The predicted octanol–water partition coefficient (Wildman–Crippen LogP) is 3.80. The lowest BCUT2D eigenvalue weighted by Gasteiger charge is -2.03. The van der Waals surface area contributed by atoms with E-state index in [1.807, 2.05) is 6.07 Å². The third-order valence-electron chi connectivity index (χ3n) is 1.35. The standard InChI is InChI=1S/C8H4Cl3N/c9-5-1-2-6(7(10)3-5)8(11)4-12/h1-3,8H/t8-/m1/s1. The van der Waals surface area contributed by atoms with Gasteiger partial charge in [-0.3, -0.25) is 0 Å². The van der Waals surface area contributed by atoms with E-state index in [0.29, 0.717) is 15.6 Å². The molecule has 0 spiro atoms. The number of halogens is 3. The summed E-state index contributed by atoms with van der Waals surface area (Å²) in [6, 6.07) is 6.73. The molecule has 0 aromatic heterocycles. The molecule has 0 saturated heterocycles. The van der Waals surface area contributed by atoms with E-state index in [-0.39, 0.29) is 0 Å². The lowest BCUT2D eigenvalue weighted by atomic mass is 10.2. The van der Waals surface area contributed by atoms with Crippen molar-refractivity contribution in [2.24, 2.45) is 0 Å². The second kappa shape index (κ2) is 4.00. The molecular weight excluding hydrogens is 216 g/mol. The van der Waals surface area contributed by atoms with Gasteiger partial charge < -0.3 is 0 Å². The largest absolute Gasteiger partial charge is 0.196 e. The van der Waals surface area contributed by atoms with Crippen molar-refractivity contribution < 1.29 is 0 Å². The number of alkyl halides is 1. The second-order valence-corrected chi connectivity index (χ2v) is 3.44. The van der Waals surface area contributed by atoms with E-state index in [0.717, 1.165) is 0 Å². The first-order valence-corrected chi connectivity index (χ1v) is 4.33. The number of rotatable bonds is 1. The molecule has 0 aliphatic carbocycles. The van der Waals surface area contributed by atoms with Gasteiger partial charge in [0.15, 0.2) is 0 Å². The minimum Gasteiger partial charge on any atom is -0.196 e. The van der Waals surface area contributed by atoms with Gasteiger partial charge in [0.1, 0.15) is 5.38 Å². The molecule has 0 unspecified atom stereocenters. The molecule has 0 N–H and O–H groups in total. The van der Waals surface area contributed by atoms with Crippen LogP contribution in [0, 0.1) is 11.3 Å². The number of hydrogen-bond acceptors (Lipinski definition) is 1. The smallest absolute Gasteiger partial charge is 0.146 e. The minimum atomic E-state index is -0.713. The molecule has 1 aromatic rings. The van der Waals surface area contributed by atoms with Crippen molar-refractivity contribution in [1.82, 2.24) is 0 Å². The summed E-state index contributed by atoms with van der Waals surface area (Å²) in [5.74, 6) is 0. The van der Waals surface area contributed by atoms with E-state index in [1.165, 1.54) is 0 Å². The third-order valence-corrected chi connectivity index (χ3v) is 2.24. The highest BCUT2D eigenvalue weighted by atomic mass is 35.5. The van der Waals surface area contributed by atoms with Crippen LogP contribution in [-0.4, -0.2) is 0 Å². The van der Waals surface area contributed by atoms with Crippen molar-refractivity contribution in [3.05, 3.63) is 33.8 Å². The molecule has 1 aromatic carbocycles. The zero-order valence-corrected chi connectivity index (χ0v) is 8.16. The predicted molar refractivity (Wildman–Crippen MR) is 50.7 cm³/mol.